The average Bonchev–Trinajstić information content (AvgIpc) is 3.34. The molecular formula is C29H28N3S2+. The van der Waals surface area contributed by atoms with Crippen LogP contribution < -0.4 is 9.47 Å². The standard InChI is InChI=1S/C29H28N3S2/c1-19-15-26-24(17-22(19)8-7-20-5-4-6-20)30-29(34-26)23-9-10-25-27(18-23)33-28(32(25)3)16-21-11-13-31(2)14-12-21/h4-5,9-18,20H,6-8H2,1-3H3/q+1. The van der Waals surface area contributed by atoms with Crippen molar-refractivity contribution in [3.63, 3.8) is 0 Å². The first kappa shape index (κ1) is 21.6. The second-order valence-corrected chi connectivity index (χ2v) is 11.4. The van der Waals surface area contributed by atoms with Crippen molar-refractivity contribution < 1.29 is 4.57 Å². The largest absolute Gasteiger partial charge is 0.338 e. The number of rotatable bonds is 5. The molecule has 3 heterocycles. The van der Waals surface area contributed by atoms with Crippen molar-refractivity contribution in [2.75, 3.05) is 11.9 Å². The molecule has 2 aromatic carbocycles. The maximum absolute atomic E-state index is 5.05. The lowest BCUT2D eigenvalue weighted by Gasteiger charge is -2.17. The molecule has 34 heavy (non-hydrogen) atoms. The third-order valence-electron chi connectivity index (χ3n) is 6.89. The quantitative estimate of drug-likeness (QED) is 0.223. The third kappa shape index (κ3) is 4.08. The van der Waals surface area contributed by atoms with E-state index in [0.717, 1.165) is 22.9 Å². The molecule has 1 atom stereocenters. The number of anilines is 1. The fourth-order valence-electron chi connectivity index (χ4n) is 4.58. The summed E-state index contributed by atoms with van der Waals surface area (Å²) >= 11 is 3.63. The Kier molecular flexibility index (Phi) is 5.54. The molecule has 0 N–H and O–H groups in total. The normalized spacial score (nSPS) is 18.0. The van der Waals surface area contributed by atoms with Crippen molar-refractivity contribution in [2.24, 2.45) is 13.0 Å². The van der Waals surface area contributed by atoms with Crippen LogP contribution in [0.2, 0.25) is 0 Å². The fourth-order valence-corrected chi connectivity index (χ4v) is 6.77. The predicted molar refractivity (Wildman–Crippen MR) is 145 cm³/mol. The lowest BCUT2D eigenvalue weighted by atomic mass is 9.88. The van der Waals surface area contributed by atoms with E-state index in [9.17, 15) is 0 Å². The number of thiazole rings is 1. The Bertz CT molecular complexity index is 1450. The summed E-state index contributed by atoms with van der Waals surface area (Å²) in [5.41, 5.74) is 7.64. The Hall–Kier alpha value is -2.89. The smallest absolute Gasteiger partial charge is 0.169 e. The van der Waals surface area contributed by atoms with E-state index < -0.39 is 0 Å². The highest BCUT2D eigenvalue weighted by Gasteiger charge is 2.23. The molecule has 170 valence electrons. The van der Waals surface area contributed by atoms with Gasteiger partial charge in [0.1, 0.15) is 12.1 Å². The lowest BCUT2D eigenvalue weighted by molar-refractivity contribution is -0.671. The van der Waals surface area contributed by atoms with Crippen molar-refractivity contribution in [3.05, 3.63) is 88.7 Å². The maximum Gasteiger partial charge on any atom is 0.169 e. The molecule has 1 aliphatic carbocycles. The highest BCUT2D eigenvalue weighted by Crippen LogP contribution is 2.47. The topological polar surface area (TPSA) is 20.0 Å². The molecule has 4 aromatic rings. The van der Waals surface area contributed by atoms with Crippen LogP contribution in [0.4, 0.5) is 5.69 Å². The molecule has 1 aliphatic heterocycles. The number of nitrogens with zero attached hydrogens (tertiary/aromatic N) is 3. The minimum atomic E-state index is 0.770. The molecule has 0 bridgehead atoms. The van der Waals surface area contributed by atoms with Crippen LogP contribution >= 0.6 is 23.1 Å². The first-order chi connectivity index (χ1) is 16.5. The molecule has 6 rings (SSSR count). The molecule has 5 heteroatoms. The summed E-state index contributed by atoms with van der Waals surface area (Å²) in [4.78, 5) is 8.62. The summed E-state index contributed by atoms with van der Waals surface area (Å²) in [6.45, 7) is 2.24. The molecule has 0 amide bonds. The molecule has 1 unspecified atom stereocenters. The van der Waals surface area contributed by atoms with E-state index >= 15 is 0 Å². The van der Waals surface area contributed by atoms with E-state index in [1.54, 1.807) is 11.3 Å². The molecule has 2 aromatic heterocycles. The van der Waals surface area contributed by atoms with Gasteiger partial charge in [0.15, 0.2) is 12.4 Å². The summed E-state index contributed by atoms with van der Waals surface area (Å²) in [5, 5.41) is 2.35. The number of hydrogen-bond donors (Lipinski definition) is 0. The lowest BCUT2D eigenvalue weighted by Crippen LogP contribution is -2.25. The zero-order chi connectivity index (χ0) is 23.2. The van der Waals surface area contributed by atoms with Crippen molar-refractivity contribution >= 4 is 45.1 Å². The Morgan fingerprint density at radius 1 is 1.15 bits per heavy atom. The summed E-state index contributed by atoms with van der Waals surface area (Å²) in [5.74, 6) is 0.770. The SMILES string of the molecule is Cc1cc2sc(-c3ccc4c(c3)S/C(=C\c3cc[n+](C)cc3)N4C)nc2cc1CCC1C=CC1. The molecule has 0 saturated carbocycles. The van der Waals surface area contributed by atoms with Gasteiger partial charge in [-0.05, 0) is 85.2 Å². The van der Waals surface area contributed by atoms with E-state index in [2.05, 4.69) is 96.5 Å². The van der Waals surface area contributed by atoms with Gasteiger partial charge in [-0.25, -0.2) is 9.55 Å². The highest BCUT2D eigenvalue weighted by molar-refractivity contribution is 8.03. The summed E-state index contributed by atoms with van der Waals surface area (Å²) < 4.78 is 3.34. The van der Waals surface area contributed by atoms with Crippen LogP contribution in [0.25, 0.3) is 26.9 Å². The van der Waals surface area contributed by atoms with Gasteiger partial charge in [0, 0.05) is 29.6 Å². The first-order valence-electron chi connectivity index (χ1n) is 11.8. The Morgan fingerprint density at radius 2 is 1.97 bits per heavy atom. The van der Waals surface area contributed by atoms with Gasteiger partial charge in [-0.3, -0.25) is 0 Å². The average molecular weight is 483 g/mol. The van der Waals surface area contributed by atoms with Crippen LogP contribution in [-0.4, -0.2) is 12.0 Å². The van der Waals surface area contributed by atoms with Crippen LogP contribution in [0.1, 0.15) is 29.5 Å². The van der Waals surface area contributed by atoms with E-state index in [1.165, 1.54) is 55.4 Å². The second-order valence-electron chi connectivity index (χ2n) is 9.35. The number of thioether (sulfide) groups is 1. The third-order valence-corrected chi connectivity index (χ3v) is 9.10. The molecule has 3 nitrogen and oxygen atoms in total. The number of pyridine rings is 1. The first-order valence-corrected chi connectivity index (χ1v) is 13.5. The van der Waals surface area contributed by atoms with Crippen molar-refractivity contribution in [1.29, 1.82) is 0 Å². The predicted octanol–water partition coefficient (Wildman–Crippen LogP) is 7.15. The zero-order valence-corrected chi connectivity index (χ0v) is 21.4. The number of aryl methyl sites for hydroxylation is 3. The monoisotopic (exact) mass is 482 g/mol. The zero-order valence-electron chi connectivity index (χ0n) is 19.8. The van der Waals surface area contributed by atoms with E-state index in [0.29, 0.717) is 0 Å². The maximum atomic E-state index is 5.05. The van der Waals surface area contributed by atoms with E-state index in [-0.39, 0.29) is 0 Å². The number of benzene rings is 2. The van der Waals surface area contributed by atoms with Gasteiger partial charge in [0.05, 0.1) is 20.9 Å². The molecule has 0 saturated heterocycles. The van der Waals surface area contributed by atoms with Gasteiger partial charge in [-0.15, -0.1) is 11.3 Å². The number of aromatic nitrogens is 2. The molecular weight excluding hydrogens is 454 g/mol. The minimum absolute atomic E-state index is 0.770. The van der Waals surface area contributed by atoms with Crippen molar-refractivity contribution in [3.8, 4) is 10.6 Å². The van der Waals surface area contributed by atoms with Crippen LogP contribution in [0.15, 0.2) is 76.9 Å². The fraction of sp³-hybridized carbons (Fsp3) is 0.241. The van der Waals surface area contributed by atoms with Crippen LogP contribution in [0.5, 0.6) is 0 Å². The van der Waals surface area contributed by atoms with Gasteiger partial charge in [0.2, 0.25) is 0 Å². The number of fused-ring (bicyclic) bond motifs is 2. The van der Waals surface area contributed by atoms with E-state index in [1.807, 2.05) is 18.8 Å². The summed E-state index contributed by atoms with van der Waals surface area (Å²) in [7, 11) is 4.19. The Morgan fingerprint density at radius 3 is 2.74 bits per heavy atom. The Labute approximate surface area is 209 Å². The number of allylic oxidation sites excluding steroid dienone is 2. The van der Waals surface area contributed by atoms with Crippen molar-refractivity contribution in [2.45, 2.75) is 31.1 Å². The highest BCUT2D eigenvalue weighted by atomic mass is 32.2. The van der Waals surface area contributed by atoms with Gasteiger partial charge in [-0.1, -0.05) is 23.9 Å². The summed E-state index contributed by atoms with van der Waals surface area (Å²) in [6, 6.07) is 15.7. The number of hydrogen-bond acceptors (Lipinski definition) is 4. The van der Waals surface area contributed by atoms with E-state index in [4.69, 9.17) is 4.98 Å². The molecule has 0 spiro atoms. The van der Waals surface area contributed by atoms with Gasteiger partial charge < -0.3 is 4.90 Å². The van der Waals surface area contributed by atoms with Crippen LogP contribution in [-0.2, 0) is 13.5 Å². The molecule has 0 fully saturated rings. The minimum Gasteiger partial charge on any atom is -0.338 e. The second kappa shape index (κ2) is 8.71. The molecule has 0 radical (unpaired) electrons. The molecule has 2 aliphatic rings. The van der Waals surface area contributed by atoms with Crippen molar-refractivity contribution in [1.82, 2.24) is 4.98 Å². The van der Waals surface area contributed by atoms with Crippen LogP contribution in [0.3, 0.4) is 0 Å². The Balaban J connectivity index is 1.27. The van der Waals surface area contributed by atoms with Crippen LogP contribution in [0, 0.1) is 12.8 Å². The van der Waals surface area contributed by atoms with Gasteiger partial charge in [-0.2, -0.15) is 0 Å². The van der Waals surface area contributed by atoms with Gasteiger partial charge in [0.25, 0.3) is 0 Å². The summed E-state index contributed by atoms with van der Waals surface area (Å²) in [6.07, 6.45) is 14.7. The van der Waals surface area contributed by atoms with Gasteiger partial charge >= 0.3 is 0 Å².